The summed E-state index contributed by atoms with van der Waals surface area (Å²) in [6.07, 6.45) is 6.77. The largest absolute Gasteiger partial charge is 0.358 e. The standard InChI is InChI=1S/C15H20N2/c16-10-13-12-8-4-5-9-14(12)17-15(13)11-6-2-1-3-7-11/h4-5,8-9,11,17H,1-3,6-7,10,16H2. The molecule has 90 valence electrons. The fourth-order valence-corrected chi connectivity index (χ4v) is 3.18. The van der Waals surface area contributed by atoms with Gasteiger partial charge in [-0.25, -0.2) is 0 Å². The van der Waals surface area contributed by atoms with Crippen molar-refractivity contribution >= 4 is 10.9 Å². The summed E-state index contributed by atoms with van der Waals surface area (Å²) in [4.78, 5) is 3.60. The summed E-state index contributed by atoms with van der Waals surface area (Å²) < 4.78 is 0. The molecule has 0 spiro atoms. The van der Waals surface area contributed by atoms with Gasteiger partial charge >= 0.3 is 0 Å². The molecule has 2 nitrogen and oxygen atoms in total. The summed E-state index contributed by atoms with van der Waals surface area (Å²) in [6.45, 7) is 0.649. The molecule has 0 aliphatic heterocycles. The Kier molecular flexibility index (Phi) is 2.89. The van der Waals surface area contributed by atoms with E-state index in [0.717, 1.165) is 0 Å². The second kappa shape index (κ2) is 4.53. The zero-order valence-electron chi connectivity index (χ0n) is 10.2. The van der Waals surface area contributed by atoms with E-state index < -0.39 is 0 Å². The Bertz CT molecular complexity index is 507. The number of rotatable bonds is 2. The van der Waals surface area contributed by atoms with E-state index in [9.17, 15) is 0 Å². The zero-order chi connectivity index (χ0) is 11.7. The van der Waals surface area contributed by atoms with Crippen LogP contribution >= 0.6 is 0 Å². The maximum atomic E-state index is 5.95. The van der Waals surface area contributed by atoms with Crippen LogP contribution in [0.1, 0.15) is 49.3 Å². The minimum Gasteiger partial charge on any atom is -0.358 e. The fraction of sp³-hybridized carbons (Fsp3) is 0.467. The molecule has 17 heavy (non-hydrogen) atoms. The third-order valence-electron chi connectivity index (χ3n) is 4.06. The van der Waals surface area contributed by atoms with Crippen molar-refractivity contribution in [2.45, 2.75) is 44.6 Å². The lowest BCUT2D eigenvalue weighted by Gasteiger charge is -2.21. The average Bonchev–Trinajstić information content (AvgIpc) is 2.78. The van der Waals surface area contributed by atoms with Crippen molar-refractivity contribution < 1.29 is 0 Å². The maximum absolute atomic E-state index is 5.95. The number of benzene rings is 1. The number of H-pyrrole nitrogens is 1. The van der Waals surface area contributed by atoms with Gasteiger partial charge in [-0.15, -0.1) is 0 Å². The number of hydrogen-bond donors (Lipinski definition) is 2. The van der Waals surface area contributed by atoms with Crippen LogP contribution in [0.2, 0.25) is 0 Å². The van der Waals surface area contributed by atoms with Gasteiger partial charge in [0.2, 0.25) is 0 Å². The van der Waals surface area contributed by atoms with E-state index in [-0.39, 0.29) is 0 Å². The van der Waals surface area contributed by atoms with Crippen LogP contribution in [0.4, 0.5) is 0 Å². The molecule has 0 atom stereocenters. The molecule has 0 unspecified atom stereocenters. The highest BCUT2D eigenvalue weighted by Gasteiger charge is 2.21. The quantitative estimate of drug-likeness (QED) is 0.809. The monoisotopic (exact) mass is 228 g/mol. The maximum Gasteiger partial charge on any atom is 0.0459 e. The van der Waals surface area contributed by atoms with E-state index in [1.54, 1.807) is 0 Å². The van der Waals surface area contributed by atoms with Gasteiger partial charge in [0, 0.05) is 23.1 Å². The van der Waals surface area contributed by atoms with Crippen molar-refractivity contribution in [3.63, 3.8) is 0 Å². The van der Waals surface area contributed by atoms with Crippen LogP contribution in [-0.2, 0) is 6.54 Å². The fourth-order valence-electron chi connectivity index (χ4n) is 3.18. The second-order valence-corrected chi connectivity index (χ2v) is 5.10. The first kappa shape index (κ1) is 10.8. The van der Waals surface area contributed by atoms with Gasteiger partial charge in [0.1, 0.15) is 0 Å². The molecule has 1 aliphatic carbocycles. The summed E-state index contributed by atoms with van der Waals surface area (Å²) in [5, 5.41) is 1.32. The molecular weight excluding hydrogens is 208 g/mol. The molecule has 2 aromatic rings. The lowest BCUT2D eigenvalue weighted by Crippen LogP contribution is -2.09. The second-order valence-electron chi connectivity index (χ2n) is 5.10. The molecule has 1 aliphatic rings. The van der Waals surface area contributed by atoms with Crippen LogP contribution in [0.5, 0.6) is 0 Å². The lowest BCUT2D eigenvalue weighted by molar-refractivity contribution is 0.436. The topological polar surface area (TPSA) is 41.8 Å². The van der Waals surface area contributed by atoms with Gasteiger partial charge in [-0.3, -0.25) is 0 Å². The number of hydrogen-bond acceptors (Lipinski definition) is 1. The van der Waals surface area contributed by atoms with Crippen molar-refractivity contribution in [1.82, 2.24) is 4.98 Å². The number of nitrogens with two attached hydrogens (primary N) is 1. The van der Waals surface area contributed by atoms with Gasteiger partial charge in [-0.2, -0.15) is 0 Å². The number of aromatic amines is 1. The highest BCUT2D eigenvalue weighted by molar-refractivity contribution is 5.84. The van der Waals surface area contributed by atoms with Crippen LogP contribution in [0.3, 0.4) is 0 Å². The number of nitrogens with one attached hydrogen (secondary N) is 1. The van der Waals surface area contributed by atoms with Crippen LogP contribution in [0, 0.1) is 0 Å². The SMILES string of the molecule is NCc1c(C2CCCCC2)[nH]c2ccccc12. The predicted octanol–water partition coefficient (Wildman–Crippen LogP) is 3.67. The van der Waals surface area contributed by atoms with Gasteiger partial charge in [0.25, 0.3) is 0 Å². The minimum atomic E-state index is 0.649. The third kappa shape index (κ3) is 1.87. The summed E-state index contributed by atoms with van der Waals surface area (Å²) in [7, 11) is 0. The van der Waals surface area contributed by atoms with Crippen molar-refractivity contribution in [3.05, 3.63) is 35.5 Å². The molecule has 0 radical (unpaired) electrons. The summed E-state index contributed by atoms with van der Waals surface area (Å²) >= 11 is 0. The first-order valence-corrected chi connectivity index (χ1v) is 6.69. The van der Waals surface area contributed by atoms with Gasteiger partial charge in [-0.1, -0.05) is 37.5 Å². The zero-order valence-corrected chi connectivity index (χ0v) is 10.2. The Morgan fingerprint density at radius 2 is 1.88 bits per heavy atom. The molecule has 0 saturated heterocycles. The first-order valence-electron chi connectivity index (χ1n) is 6.69. The highest BCUT2D eigenvalue weighted by atomic mass is 14.7. The highest BCUT2D eigenvalue weighted by Crippen LogP contribution is 2.36. The normalized spacial score (nSPS) is 17.7. The minimum absolute atomic E-state index is 0.649. The molecule has 1 fully saturated rings. The molecule has 1 aromatic heterocycles. The van der Waals surface area contributed by atoms with Crippen molar-refractivity contribution in [2.75, 3.05) is 0 Å². The Balaban J connectivity index is 2.08. The summed E-state index contributed by atoms with van der Waals surface area (Å²) in [5.74, 6) is 0.703. The molecule has 1 aromatic carbocycles. The molecule has 3 N–H and O–H groups in total. The number of fused-ring (bicyclic) bond motifs is 1. The van der Waals surface area contributed by atoms with Crippen LogP contribution in [0.15, 0.2) is 24.3 Å². The van der Waals surface area contributed by atoms with E-state index in [1.165, 1.54) is 54.3 Å². The molecule has 3 rings (SSSR count). The van der Waals surface area contributed by atoms with E-state index in [2.05, 4.69) is 29.2 Å². The molecule has 1 saturated carbocycles. The smallest absolute Gasteiger partial charge is 0.0459 e. The van der Waals surface area contributed by atoms with E-state index in [4.69, 9.17) is 5.73 Å². The Morgan fingerprint density at radius 1 is 1.12 bits per heavy atom. The summed E-state index contributed by atoms with van der Waals surface area (Å²) in [5.41, 5.74) is 9.94. The molecular formula is C15H20N2. The van der Waals surface area contributed by atoms with Crippen LogP contribution < -0.4 is 5.73 Å². The Hall–Kier alpha value is -1.28. The Labute approximate surface area is 102 Å². The molecule has 2 heteroatoms. The number of aromatic nitrogens is 1. The lowest BCUT2D eigenvalue weighted by atomic mass is 9.85. The molecule has 0 bridgehead atoms. The van der Waals surface area contributed by atoms with Gasteiger partial charge in [0.05, 0.1) is 0 Å². The Morgan fingerprint density at radius 3 is 2.65 bits per heavy atom. The van der Waals surface area contributed by atoms with Gasteiger partial charge < -0.3 is 10.7 Å². The van der Waals surface area contributed by atoms with Gasteiger partial charge in [0.15, 0.2) is 0 Å². The van der Waals surface area contributed by atoms with E-state index in [0.29, 0.717) is 12.5 Å². The molecule has 0 amide bonds. The van der Waals surface area contributed by atoms with Gasteiger partial charge in [-0.05, 0) is 30.4 Å². The summed E-state index contributed by atoms with van der Waals surface area (Å²) in [6, 6.07) is 8.52. The van der Waals surface area contributed by atoms with Crippen molar-refractivity contribution in [2.24, 2.45) is 5.73 Å². The van der Waals surface area contributed by atoms with Crippen LogP contribution in [-0.4, -0.2) is 4.98 Å². The van der Waals surface area contributed by atoms with Crippen molar-refractivity contribution in [3.8, 4) is 0 Å². The average molecular weight is 228 g/mol. The van der Waals surface area contributed by atoms with Crippen LogP contribution in [0.25, 0.3) is 10.9 Å². The van der Waals surface area contributed by atoms with E-state index >= 15 is 0 Å². The number of para-hydroxylation sites is 1. The third-order valence-corrected chi connectivity index (χ3v) is 4.06. The molecule has 1 heterocycles. The predicted molar refractivity (Wildman–Crippen MR) is 72.0 cm³/mol. The van der Waals surface area contributed by atoms with E-state index in [1.807, 2.05) is 0 Å². The van der Waals surface area contributed by atoms with Crippen molar-refractivity contribution in [1.29, 1.82) is 0 Å². The first-order chi connectivity index (χ1) is 8.40.